The lowest BCUT2D eigenvalue weighted by atomic mass is 10.0. The van der Waals surface area contributed by atoms with E-state index in [-0.39, 0.29) is 10.9 Å². The fourth-order valence-corrected chi connectivity index (χ4v) is 1.18. The Morgan fingerprint density at radius 1 is 1.64 bits per heavy atom. The molecule has 0 heterocycles. The van der Waals surface area contributed by atoms with Crippen molar-refractivity contribution in [1.29, 1.82) is 0 Å². The van der Waals surface area contributed by atoms with Gasteiger partial charge in [0.05, 0.1) is 4.87 Å². The molecule has 1 N–H and O–H groups in total. The van der Waals surface area contributed by atoms with E-state index in [1.165, 1.54) is 4.90 Å². The molecule has 4 heteroatoms. The van der Waals surface area contributed by atoms with Gasteiger partial charge in [0.1, 0.15) is 0 Å². The van der Waals surface area contributed by atoms with Crippen LogP contribution in [0.15, 0.2) is 23.9 Å². The Morgan fingerprint density at radius 3 is 2.71 bits per heavy atom. The SMILES string of the molecule is CN(C)C(=O)NC1=CCC(C)(Cl)C=C1. The van der Waals surface area contributed by atoms with Crippen molar-refractivity contribution in [2.24, 2.45) is 0 Å². The molecule has 2 amide bonds. The van der Waals surface area contributed by atoms with Gasteiger partial charge in [-0.05, 0) is 19.4 Å². The number of alkyl halides is 1. The van der Waals surface area contributed by atoms with Crippen LogP contribution in [0.4, 0.5) is 4.79 Å². The highest BCUT2D eigenvalue weighted by molar-refractivity contribution is 6.25. The number of amides is 2. The number of nitrogens with one attached hydrogen (secondary N) is 1. The Bertz CT molecular complexity index is 292. The Morgan fingerprint density at radius 2 is 2.29 bits per heavy atom. The molecular formula is C10H15ClN2O. The summed E-state index contributed by atoms with van der Waals surface area (Å²) in [6, 6.07) is -0.126. The molecule has 0 aliphatic heterocycles. The summed E-state index contributed by atoms with van der Waals surface area (Å²) in [6.45, 7) is 1.94. The highest BCUT2D eigenvalue weighted by atomic mass is 35.5. The number of rotatable bonds is 1. The molecule has 1 atom stereocenters. The summed E-state index contributed by atoms with van der Waals surface area (Å²) in [5.74, 6) is 0. The van der Waals surface area contributed by atoms with Gasteiger partial charge in [-0.1, -0.05) is 12.2 Å². The number of hydrogen-bond acceptors (Lipinski definition) is 1. The summed E-state index contributed by atoms with van der Waals surface area (Å²) >= 11 is 6.08. The van der Waals surface area contributed by atoms with Crippen LogP contribution >= 0.6 is 11.6 Å². The second-order valence-electron chi connectivity index (χ2n) is 3.80. The first-order valence-corrected chi connectivity index (χ1v) is 4.85. The maximum absolute atomic E-state index is 11.3. The second kappa shape index (κ2) is 4.05. The molecule has 78 valence electrons. The van der Waals surface area contributed by atoms with Gasteiger partial charge < -0.3 is 10.2 Å². The van der Waals surface area contributed by atoms with Crippen molar-refractivity contribution in [3.05, 3.63) is 23.9 Å². The third-order valence-corrected chi connectivity index (χ3v) is 2.27. The third kappa shape index (κ3) is 3.07. The maximum atomic E-state index is 11.3. The first-order chi connectivity index (χ1) is 6.41. The van der Waals surface area contributed by atoms with Gasteiger partial charge in [0.25, 0.3) is 0 Å². The summed E-state index contributed by atoms with van der Waals surface area (Å²) in [5, 5.41) is 2.76. The molecule has 0 aromatic heterocycles. The molecular weight excluding hydrogens is 200 g/mol. The fourth-order valence-electron chi connectivity index (χ4n) is 1.04. The maximum Gasteiger partial charge on any atom is 0.321 e. The minimum Gasteiger partial charge on any atom is -0.331 e. The lowest BCUT2D eigenvalue weighted by Gasteiger charge is -2.21. The minimum atomic E-state index is -0.313. The van der Waals surface area contributed by atoms with Crippen LogP contribution in [-0.4, -0.2) is 29.9 Å². The Hall–Kier alpha value is -0.960. The number of urea groups is 1. The van der Waals surface area contributed by atoms with Crippen LogP contribution in [0.25, 0.3) is 0 Å². The van der Waals surface area contributed by atoms with Gasteiger partial charge in [-0.2, -0.15) is 0 Å². The van der Waals surface area contributed by atoms with Crippen LogP contribution in [0.3, 0.4) is 0 Å². The quantitative estimate of drug-likeness (QED) is 0.667. The van der Waals surface area contributed by atoms with E-state index >= 15 is 0 Å². The topological polar surface area (TPSA) is 32.3 Å². The van der Waals surface area contributed by atoms with Crippen molar-refractivity contribution in [1.82, 2.24) is 10.2 Å². The lowest BCUT2D eigenvalue weighted by molar-refractivity contribution is 0.220. The van der Waals surface area contributed by atoms with Gasteiger partial charge >= 0.3 is 6.03 Å². The van der Waals surface area contributed by atoms with Gasteiger partial charge in [-0.3, -0.25) is 0 Å². The molecule has 14 heavy (non-hydrogen) atoms. The number of hydrogen-bond donors (Lipinski definition) is 1. The molecule has 1 aliphatic rings. The van der Waals surface area contributed by atoms with E-state index in [1.54, 1.807) is 14.1 Å². The Kier molecular flexibility index (Phi) is 3.21. The van der Waals surface area contributed by atoms with Gasteiger partial charge in [-0.15, -0.1) is 11.6 Å². The normalized spacial score (nSPS) is 25.6. The van der Waals surface area contributed by atoms with Crippen molar-refractivity contribution in [2.45, 2.75) is 18.2 Å². The zero-order valence-corrected chi connectivity index (χ0v) is 9.43. The van der Waals surface area contributed by atoms with Crippen LogP contribution in [0.1, 0.15) is 13.3 Å². The number of allylic oxidation sites excluding steroid dienone is 3. The first-order valence-electron chi connectivity index (χ1n) is 4.47. The van der Waals surface area contributed by atoms with E-state index in [0.29, 0.717) is 0 Å². The van der Waals surface area contributed by atoms with E-state index in [2.05, 4.69) is 5.32 Å². The third-order valence-electron chi connectivity index (χ3n) is 1.99. The zero-order chi connectivity index (χ0) is 10.8. The van der Waals surface area contributed by atoms with Crippen LogP contribution in [0.2, 0.25) is 0 Å². The number of nitrogens with zero attached hydrogens (tertiary/aromatic N) is 1. The molecule has 1 rings (SSSR count). The first kappa shape index (κ1) is 11.1. The summed E-state index contributed by atoms with van der Waals surface area (Å²) in [4.78, 5) is 12.5. The predicted octanol–water partition coefficient (Wildman–Crippen LogP) is 2.10. The van der Waals surface area contributed by atoms with Crippen LogP contribution in [0, 0.1) is 0 Å². The minimum absolute atomic E-state index is 0.126. The molecule has 1 unspecified atom stereocenters. The van der Waals surface area contributed by atoms with Crippen LogP contribution in [0.5, 0.6) is 0 Å². The molecule has 0 radical (unpaired) electrons. The van der Waals surface area contributed by atoms with E-state index in [4.69, 9.17) is 11.6 Å². The van der Waals surface area contributed by atoms with E-state index < -0.39 is 0 Å². The van der Waals surface area contributed by atoms with Crippen molar-refractivity contribution in [2.75, 3.05) is 14.1 Å². The molecule has 0 aromatic rings. The summed E-state index contributed by atoms with van der Waals surface area (Å²) < 4.78 is 0. The van der Waals surface area contributed by atoms with Crippen LogP contribution < -0.4 is 5.32 Å². The Balaban J connectivity index is 2.55. The highest BCUT2D eigenvalue weighted by Gasteiger charge is 2.19. The van der Waals surface area contributed by atoms with Gasteiger partial charge in [0.2, 0.25) is 0 Å². The molecule has 0 spiro atoms. The molecule has 0 saturated heterocycles. The molecule has 3 nitrogen and oxygen atoms in total. The molecule has 0 saturated carbocycles. The molecule has 1 aliphatic carbocycles. The molecule has 0 bridgehead atoms. The summed E-state index contributed by atoms with van der Waals surface area (Å²) in [7, 11) is 3.40. The van der Waals surface area contributed by atoms with Gasteiger partial charge in [-0.25, -0.2) is 4.79 Å². The van der Waals surface area contributed by atoms with E-state index in [0.717, 1.165) is 12.1 Å². The van der Waals surface area contributed by atoms with E-state index in [1.807, 2.05) is 25.2 Å². The average Bonchev–Trinajstić information content (AvgIpc) is 2.08. The van der Waals surface area contributed by atoms with Crippen molar-refractivity contribution in [3.8, 4) is 0 Å². The largest absolute Gasteiger partial charge is 0.331 e. The molecule has 0 fully saturated rings. The Labute approximate surface area is 89.4 Å². The van der Waals surface area contributed by atoms with Crippen molar-refractivity contribution >= 4 is 17.6 Å². The zero-order valence-electron chi connectivity index (χ0n) is 8.67. The van der Waals surface area contributed by atoms with Gasteiger partial charge in [0, 0.05) is 19.8 Å². The number of carbonyl (C=O) groups excluding carboxylic acids is 1. The smallest absolute Gasteiger partial charge is 0.321 e. The average molecular weight is 215 g/mol. The van der Waals surface area contributed by atoms with Crippen LogP contribution in [-0.2, 0) is 0 Å². The number of carbonyl (C=O) groups is 1. The van der Waals surface area contributed by atoms with Gasteiger partial charge in [0.15, 0.2) is 0 Å². The monoisotopic (exact) mass is 214 g/mol. The van der Waals surface area contributed by atoms with Crippen molar-refractivity contribution in [3.63, 3.8) is 0 Å². The standard InChI is InChI=1S/C10H15ClN2O/c1-10(11)6-4-8(5-7-10)12-9(14)13(2)3/h4-6H,7H2,1-3H3,(H,12,14). The predicted molar refractivity (Wildman–Crippen MR) is 58.3 cm³/mol. The highest BCUT2D eigenvalue weighted by Crippen LogP contribution is 2.25. The molecule has 0 aromatic carbocycles. The van der Waals surface area contributed by atoms with Crippen molar-refractivity contribution < 1.29 is 4.79 Å². The van der Waals surface area contributed by atoms with E-state index in [9.17, 15) is 4.79 Å². The summed E-state index contributed by atoms with van der Waals surface area (Å²) in [5.41, 5.74) is 0.807. The summed E-state index contributed by atoms with van der Waals surface area (Å²) in [6.07, 6.45) is 6.38. The second-order valence-corrected chi connectivity index (χ2v) is 4.66. The lowest BCUT2D eigenvalue weighted by Crippen LogP contribution is -2.34. The number of halogens is 1. The fraction of sp³-hybridized carbons (Fsp3) is 0.500.